The van der Waals surface area contributed by atoms with Gasteiger partial charge in [0, 0.05) is 5.56 Å². The van der Waals surface area contributed by atoms with Crippen LogP contribution < -0.4 is 4.90 Å². The molecule has 162 valence electrons. The van der Waals surface area contributed by atoms with Crippen molar-refractivity contribution in [1.82, 2.24) is 9.99 Å². The molecule has 32 heavy (non-hydrogen) atoms. The van der Waals surface area contributed by atoms with Crippen LogP contribution in [0.3, 0.4) is 0 Å². The average Bonchev–Trinajstić information content (AvgIpc) is 3.38. The molecule has 1 aromatic heterocycles. The lowest BCUT2D eigenvalue weighted by Gasteiger charge is -2.20. The molecule has 5 rings (SSSR count). The van der Waals surface area contributed by atoms with Gasteiger partial charge in [0.25, 0.3) is 11.8 Å². The van der Waals surface area contributed by atoms with Crippen LogP contribution in [0.4, 0.5) is 5.69 Å². The van der Waals surface area contributed by atoms with E-state index in [-0.39, 0.29) is 18.4 Å². The van der Waals surface area contributed by atoms with Gasteiger partial charge in [-0.2, -0.15) is 5.11 Å². The van der Waals surface area contributed by atoms with E-state index in [1.807, 2.05) is 70.2 Å². The lowest BCUT2D eigenvalue weighted by molar-refractivity contribution is -0.123. The lowest BCUT2D eigenvalue weighted by atomic mass is 10.1. The van der Waals surface area contributed by atoms with Gasteiger partial charge in [0.05, 0.1) is 12.2 Å². The van der Waals surface area contributed by atoms with E-state index >= 15 is 0 Å². The number of amides is 2. The van der Waals surface area contributed by atoms with Crippen molar-refractivity contribution in [2.45, 2.75) is 46.3 Å². The number of hydrogen-bond acceptors (Lipinski definition) is 7. The van der Waals surface area contributed by atoms with E-state index in [9.17, 15) is 9.59 Å². The maximum Gasteiger partial charge on any atom is 0.263 e. The van der Waals surface area contributed by atoms with Crippen molar-refractivity contribution in [2.24, 2.45) is 10.3 Å². The summed E-state index contributed by atoms with van der Waals surface area (Å²) < 4.78 is 5.85. The van der Waals surface area contributed by atoms with Gasteiger partial charge in [0.2, 0.25) is 5.89 Å². The van der Waals surface area contributed by atoms with Crippen molar-refractivity contribution in [3.05, 3.63) is 70.6 Å². The van der Waals surface area contributed by atoms with Crippen LogP contribution in [0.2, 0.25) is 0 Å². The average molecular weight is 429 g/mol. The first-order valence-corrected chi connectivity index (χ1v) is 10.5. The third kappa shape index (κ3) is 3.28. The van der Waals surface area contributed by atoms with Crippen molar-refractivity contribution in [2.75, 3.05) is 4.90 Å². The van der Waals surface area contributed by atoms with Crippen molar-refractivity contribution in [1.29, 1.82) is 0 Å². The first-order valence-electron chi connectivity index (χ1n) is 10.5. The zero-order chi connectivity index (χ0) is 22.6. The number of hydrogen-bond donors (Lipinski definition) is 0. The standard InChI is InChI=1S/C24H23N5O3/c1-13-5-7-17(8-6-13)22-25-19(16(4)32-22)12-28-21-20(26-27-28)23(30)29(24(21)31)18-10-14(2)9-15(3)11-18/h5-11,20-21H,12H2,1-4H3/t20-,21-/m1/s1. The summed E-state index contributed by atoms with van der Waals surface area (Å²) in [5, 5.41) is 9.77. The van der Waals surface area contributed by atoms with Crippen LogP contribution in [0.25, 0.3) is 11.5 Å². The number of imide groups is 1. The van der Waals surface area contributed by atoms with E-state index in [1.165, 1.54) is 9.91 Å². The minimum absolute atomic E-state index is 0.228. The molecule has 0 N–H and O–H groups in total. The van der Waals surface area contributed by atoms with Crippen LogP contribution >= 0.6 is 0 Å². The van der Waals surface area contributed by atoms with Gasteiger partial charge < -0.3 is 4.42 Å². The molecule has 0 radical (unpaired) electrons. The molecule has 0 bridgehead atoms. The Morgan fingerprint density at radius 1 is 0.906 bits per heavy atom. The molecule has 0 saturated carbocycles. The first-order chi connectivity index (χ1) is 15.3. The fourth-order valence-electron chi connectivity index (χ4n) is 4.24. The largest absolute Gasteiger partial charge is 0.441 e. The Bertz CT molecular complexity index is 1240. The number of oxazole rings is 1. The summed E-state index contributed by atoms with van der Waals surface area (Å²) >= 11 is 0. The fraction of sp³-hybridized carbons (Fsp3) is 0.292. The second-order valence-electron chi connectivity index (χ2n) is 8.44. The molecule has 2 aliphatic heterocycles. The van der Waals surface area contributed by atoms with Gasteiger partial charge in [-0.25, -0.2) is 9.88 Å². The third-order valence-corrected chi connectivity index (χ3v) is 5.83. The van der Waals surface area contributed by atoms with E-state index in [0.717, 1.165) is 22.3 Å². The molecular formula is C24H23N5O3. The molecule has 0 spiro atoms. The van der Waals surface area contributed by atoms with E-state index in [4.69, 9.17) is 4.42 Å². The number of carbonyl (C=O) groups excluding carboxylic acids is 2. The van der Waals surface area contributed by atoms with Gasteiger partial charge in [-0.1, -0.05) is 29.0 Å². The number of aromatic nitrogens is 1. The van der Waals surface area contributed by atoms with Crippen molar-refractivity contribution in [3.8, 4) is 11.5 Å². The molecule has 8 nitrogen and oxygen atoms in total. The molecule has 3 aromatic rings. The van der Waals surface area contributed by atoms with Crippen LogP contribution in [-0.4, -0.2) is 33.9 Å². The third-order valence-electron chi connectivity index (χ3n) is 5.83. The number of nitrogens with zero attached hydrogens (tertiary/aromatic N) is 5. The quantitative estimate of drug-likeness (QED) is 0.583. The summed E-state index contributed by atoms with van der Waals surface area (Å²) in [4.78, 5) is 32.1. The highest BCUT2D eigenvalue weighted by Crippen LogP contribution is 2.34. The van der Waals surface area contributed by atoms with Crippen LogP contribution in [0, 0.1) is 27.7 Å². The minimum atomic E-state index is -0.841. The normalized spacial score (nSPS) is 19.9. The second kappa shape index (κ2) is 7.40. The second-order valence-corrected chi connectivity index (χ2v) is 8.44. The predicted molar refractivity (Wildman–Crippen MR) is 118 cm³/mol. The zero-order valence-corrected chi connectivity index (χ0v) is 18.4. The number of aryl methyl sites for hydroxylation is 4. The highest BCUT2D eigenvalue weighted by Gasteiger charge is 2.55. The van der Waals surface area contributed by atoms with Gasteiger partial charge >= 0.3 is 0 Å². The molecule has 2 atom stereocenters. The molecule has 0 aliphatic carbocycles. The van der Waals surface area contributed by atoms with Crippen molar-refractivity contribution >= 4 is 17.5 Å². The monoisotopic (exact) mass is 429 g/mol. The summed E-state index contributed by atoms with van der Waals surface area (Å²) in [6, 6.07) is 12.0. The molecule has 3 heterocycles. The molecule has 1 fully saturated rings. The molecular weight excluding hydrogens is 406 g/mol. The summed E-state index contributed by atoms with van der Waals surface area (Å²) in [6.07, 6.45) is 0. The first kappa shape index (κ1) is 20.1. The highest BCUT2D eigenvalue weighted by atomic mass is 16.4. The van der Waals surface area contributed by atoms with E-state index < -0.39 is 12.1 Å². The van der Waals surface area contributed by atoms with Gasteiger partial charge in [0.1, 0.15) is 11.5 Å². The summed E-state index contributed by atoms with van der Waals surface area (Å²) in [6.45, 7) is 7.95. The van der Waals surface area contributed by atoms with Crippen LogP contribution in [0.15, 0.2) is 57.2 Å². The van der Waals surface area contributed by atoms with Crippen molar-refractivity contribution < 1.29 is 14.0 Å². The molecule has 2 aliphatic rings. The minimum Gasteiger partial charge on any atom is -0.441 e. The van der Waals surface area contributed by atoms with Crippen LogP contribution in [0.1, 0.15) is 28.1 Å². The topological polar surface area (TPSA) is 91.4 Å². The molecule has 2 aromatic carbocycles. The fourth-order valence-corrected chi connectivity index (χ4v) is 4.24. The van der Waals surface area contributed by atoms with E-state index in [1.54, 1.807) is 0 Å². The van der Waals surface area contributed by atoms with Crippen molar-refractivity contribution in [3.63, 3.8) is 0 Å². The zero-order valence-electron chi connectivity index (χ0n) is 18.4. The Labute approximate surface area is 185 Å². The van der Waals surface area contributed by atoms with Crippen LogP contribution in [0.5, 0.6) is 0 Å². The maximum atomic E-state index is 13.3. The Balaban J connectivity index is 1.40. The molecule has 2 amide bonds. The summed E-state index contributed by atoms with van der Waals surface area (Å²) in [7, 11) is 0. The Hall–Kier alpha value is -3.81. The van der Waals surface area contributed by atoms with Gasteiger partial charge in [-0.3, -0.25) is 14.6 Å². The molecule has 0 unspecified atom stereocenters. The predicted octanol–water partition coefficient (Wildman–Crippen LogP) is 4.07. The van der Waals surface area contributed by atoms with E-state index in [0.29, 0.717) is 23.0 Å². The number of rotatable bonds is 4. The van der Waals surface area contributed by atoms with Gasteiger partial charge in [-0.05, 0) is 63.1 Å². The Morgan fingerprint density at radius 2 is 1.59 bits per heavy atom. The van der Waals surface area contributed by atoms with Crippen LogP contribution in [-0.2, 0) is 16.1 Å². The van der Waals surface area contributed by atoms with E-state index in [2.05, 4.69) is 15.3 Å². The molecule has 1 saturated heterocycles. The van der Waals surface area contributed by atoms with Gasteiger partial charge in [-0.15, -0.1) is 0 Å². The summed E-state index contributed by atoms with van der Waals surface area (Å²) in [5.74, 6) is 0.474. The number of anilines is 1. The SMILES string of the molecule is Cc1ccc(-c2nc(CN3N=N[C@H]4C(=O)N(c5cc(C)cc(C)c5)C(=O)[C@@H]43)c(C)o2)cc1. The summed E-state index contributed by atoms with van der Waals surface area (Å²) in [5.41, 5.74) is 5.22. The number of fused-ring (bicyclic) bond motifs is 1. The maximum absolute atomic E-state index is 13.3. The smallest absolute Gasteiger partial charge is 0.263 e. The lowest BCUT2D eigenvalue weighted by Crippen LogP contribution is -2.39. The highest BCUT2D eigenvalue weighted by molar-refractivity contribution is 6.25. The Morgan fingerprint density at radius 3 is 2.28 bits per heavy atom. The number of benzene rings is 2. The number of carbonyl (C=O) groups is 2. The Kier molecular flexibility index (Phi) is 4.65. The molecule has 8 heteroatoms. The van der Waals surface area contributed by atoms with Gasteiger partial charge in [0.15, 0.2) is 12.1 Å².